The van der Waals surface area contributed by atoms with Crippen LogP contribution in [0, 0.1) is 11.3 Å². The molecule has 0 bridgehead atoms. The molecular formula is C22H35NO6. The van der Waals surface area contributed by atoms with Gasteiger partial charge in [0.15, 0.2) is 13.6 Å². The van der Waals surface area contributed by atoms with E-state index in [2.05, 4.69) is 13.8 Å². The van der Waals surface area contributed by atoms with E-state index in [0.717, 1.165) is 31.2 Å². The van der Waals surface area contributed by atoms with Gasteiger partial charge in [-0.1, -0.05) is 13.8 Å². The highest BCUT2D eigenvalue weighted by molar-refractivity contribution is 5.79. The highest BCUT2D eigenvalue weighted by atomic mass is 16.7. The molecule has 7 nitrogen and oxygen atoms in total. The molecule has 1 aromatic carbocycles. The smallest absolute Gasteiger partial charge is 0.249 e. The van der Waals surface area contributed by atoms with Gasteiger partial charge in [-0.25, -0.2) is 5.06 Å². The maximum atomic E-state index is 13.1. The Morgan fingerprint density at radius 1 is 1.10 bits per heavy atom. The highest BCUT2D eigenvalue weighted by Gasteiger charge is 2.51. The van der Waals surface area contributed by atoms with E-state index in [-0.39, 0.29) is 36.7 Å². The molecule has 1 fully saturated rings. The molecule has 2 atom stereocenters. The molecule has 0 aliphatic heterocycles. The van der Waals surface area contributed by atoms with Gasteiger partial charge in [-0.3, -0.25) is 9.63 Å². The van der Waals surface area contributed by atoms with Gasteiger partial charge in [-0.2, -0.15) is 0 Å². The zero-order chi connectivity index (χ0) is 21.4. The van der Waals surface area contributed by atoms with Crippen LogP contribution in [0.25, 0.3) is 0 Å². The summed E-state index contributed by atoms with van der Waals surface area (Å²) in [6, 6.07) is 5.71. The van der Waals surface area contributed by atoms with E-state index in [1.165, 1.54) is 12.2 Å². The Morgan fingerprint density at radius 3 is 2.34 bits per heavy atom. The van der Waals surface area contributed by atoms with Crippen LogP contribution in [0.1, 0.15) is 51.0 Å². The van der Waals surface area contributed by atoms with Gasteiger partial charge in [0.1, 0.15) is 11.5 Å². The lowest BCUT2D eigenvalue weighted by Crippen LogP contribution is -2.36. The molecule has 1 amide bonds. The van der Waals surface area contributed by atoms with Crippen molar-refractivity contribution in [3.63, 3.8) is 0 Å². The summed E-state index contributed by atoms with van der Waals surface area (Å²) in [7, 11) is 6.36. The second-order valence-electron chi connectivity index (χ2n) is 7.51. The van der Waals surface area contributed by atoms with Gasteiger partial charge < -0.3 is 18.9 Å². The van der Waals surface area contributed by atoms with Crippen molar-refractivity contribution in [2.24, 2.45) is 11.3 Å². The van der Waals surface area contributed by atoms with Crippen molar-refractivity contribution in [1.29, 1.82) is 0 Å². The maximum absolute atomic E-state index is 13.1. The third-order valence-corrected chi connectivity index (χ3v) is 6.32. The van der Waals surface area contributed by atoms with Crippen molar-refractivity contribution < 1.29 is 28.6 Å². The first-order chi connectivity index (χ1) is 14.0. The van der Waals surface area contributed by atoms with Gasteiger partial charge in [-0.05, 0) is 49.3 Å². The summed E-state index contributed by atoms with van der Waals surface area (Å²) < 4.78 is 21.7. The zero-order valence-corrected chi connectivity index (χ0v) is 18.5. The Bertz CT molecular complexity index is 661. The highest BCUT2D eigenvalue weighted by Crippen LogP contribution is 2.59. The molecule has 0 unspecified atom stereocenters. The van der Waals surface area contributed by atoms with Crippen LogP contribution in [0.5, 0.6) is 11.5 Å². The third kappa shape index (κ3) is 5.02. The SMILES string of the molecule is CCC1(CC)CC[C@H](C(=O)N(C)OC)[C@@H]1c1cc(OCOC)ccc1OCOC. The number of carbonyl (C=O) groups is 1. The van der Waals surface area contributed by atoms with E-state index in [4.69, 9.17) is 23.8 Å². The van der Waals surface area contributed by atoms with E-state index >= 15 is 0 Å². The minimum atomic E-state index is -0.192. The van der Waals surface area contributed by atoms with Crippen LogP contribution in [0.4, 0.5) is 0 Å². The van der Waals surface area contributed by atoms with Gasteiger partial charge >= 0.3 is 0 Å². The molecule has 7 heteroatoms. The van der Waals surface area contributed by atoms with Crippen LogP contribution in [0.2, 0.25) is 0 Å². The molecule has 0 aromatic heterocycles. The fourth-order valence-corrected chi connectivity index (χ4v) is 4.61. The van der Waals surface area contributed by atoms with Crippen molar-refractivity contribution >= 4 is 5.91 Å². The minimum Gasteiger partial charge on any atom is -0.468 e. The Kier molecular flexibility index (Phi) is 8.74. The lowest BCUT2D eigenvalue weighted by Gasteiger charge is -2.37. The average molecular weight is 410 g/mol. The maximum Gasteiger partial charge on any atom is 0.249 e. The van der Waals surface area contributed by atoms with Crippen LogP contribution in [0.3, 0.4) is 0 Å². The third-order valence-electron chi connectivity index (χ3n) is 6.32. The number of rotatable bonds is 11. The largest absolute Gasteiger partial charge is 0.468 e. The first kappa shape index (κ1) is 23.4. The summed E-state index contributed by atoms with van der Waals surface area (Å²) >= 11 is 0. The number of carbonyl (C=O) groups excluding carboxylic acids is 1. The fourth-order valence-electron chi connectivity index (χ4n) is 4.61. The predicted octanol–water partition coefficient (Wildman–Crippen LogP) is 3.97. The van der Waals surface area contributed by atoms with Gasteiger partial charge in [0.05, 0.1) is 7.11 Å². The normalized spacial score (nSPS) is 20.5. The first-order valence-corrected chi connectivity index (χ1v) is 10.2. The predicted molar refractivity (Wildman–Crippen MR) is 110 cm³/mol. The molecule has 1 aliphatic rings. The number of nitrogens with zero attached hydrogens (tertiary/aromatic N) is 1. The van der Waals surface area contributed by atoms with E-state index < -0.39 is 0 Å². The number of benzene rings is 1. The fraction of sp³-hybridized carbons (Fsp3) is 0.682. The Balaban J connectivity index is 2.56. The van der Waals surface area contributed by atoms with Crippen LogP contribution >= 0.6 is 0 Å². The topological polar surface area (TPSA) is 66.5 Å². The van der Waals surface area contributed by atoms with Crippen molar-refractivity contribution in [1.82, 2.24) is 5.06 Å². The monoisotopic (exact) mass is 409 g/mol. The van der Waals surface area contributed by atoms with Gasteiger partial charge in [-0.15, -0.1) is 0 Å². The molecule has 2 rings (SSSR count). The van der Waals surface area contributed by atoms with E-state index in [1.54, 1.807) is 21.3 Å². The number of hydrogen-bond acceptors (Lipinski definition) is 6. The Labute approximate surface area is 174 Å². The van der Waals surface area contributed by atoms with Crippen molar-refractivity contribution in [2.75, 3.05) is 42.0 Å². The molecule has 0 N–H and O–H groups in total. The standard InChI is InChI=1S/C22H35NO6/c1-7-22(8-2)12-11-17(21(24)23(3)27-6)20(22)18-13-16(28-14-25-4)9-10-19(18)29-15-26-5/h9-10,13,17,20H,7-8,11-12,14-15H2,1-6H3/t17-,20+/m0/s1. The van der Waals surface area contributed by atoms with Crippen molar-refractivity contribution in [3.8, 4) is 11.5 Å². The molecule has 1 aliphatic carbocycles. The number of methoxy groups -OCH3 is 2. The quantitative estimate of drug-likeness (QED) is 0.407. The van der Waals surface area contributed by atoms with Crippen LogP contribution in [-0.2, 0) is 19.1 Å². The number of amides is 1. The van der Waals surface area contributed by atoms with Gasteiger partial charge in [0, 0.05) is 38.7 Å². The average Bonchev–Trinajstić information content (AvgIpc) is 3.15. The summed E-state index contributed by atoms with van der Waals surface area (Å²) in [5, 5.41) is 1.33. The van der Waals surface area contributed by atoms with E-state index in [1.807, 2.05) is 18.2 Å². The molecule has 164 valence electrons. The van der Waals surface area contributed by atoms with E-state index in [9.17, 15) is 4.79 Å². The summed E-state index contributed by atoms with van der Waals surface area (Å²) in [5.74, 6) is 1.18. The number of hydroxylamine groups is 2. The Hall–Kier alpha value is -1.83. The molecule has 1 aromatic rings. The van der Waals surface area contributed by atoms with Crippen LogP contribution in [0.15, 0.2) is 18.2 Å². The van der Waals surface area contributed by atoms with Crippen LogP contribution in [-0.4, -0.2) is 52.9 Å². The summed E-state index contributed by atoms with van der Waals surface area (Å²) in [6.07, 6.45) is 3.74. The summed E-state index contributed by atoms with van der Waals surface area (Å²) in [4.78, 5) is 18.4. The minimum absolute atomic E-state index is 0.0000302. The molecule has 0 spiro atoms. The zero-order valence-electron chi connectivity index (χ0n) is 18.5. The van der Waals surface area contributed by atoms with Crippen LogP contribution < -0.4 is 9.47 Å². The second-order valence-corrected chi connectivity index (χ2v) is 7.51. The van der Waals surface area contributed by atoms with Gasteiger partial charge in [0.25, 0.3) is 0 Å². The summed E-state index contributed by atoms with van der Waals surface area (Å²) in [5.41, 5.74) is 0.972. The van der Waals surface area contributed by atoms with Crippen molar-refractivity contribution in [3.05, 3.63) is 23.8 Å². The van der Waals surface area contributed by atoms with Crippen molar-refractivity contribution in [2.45, 2.75) is 45.4 Å². The Morgan fingerprint density at radius 2 is 1.76 bits per heavy atom. The molecular weight excluding hydrogens is 374 g/mol. The second kappa shape index (κ2) is 10.8. The molecule has 29 heavy (non-hydrogen) atoms. The molecule has 0 heterocycles. The lowest BCUT2D eigenvalue weighted by molar-refractivity contribution is -0.174. The van der Waals surface area contributed by atoms with E-state index in [0.29, 0.717) is 11.5 Å². The first-order valence-electron chi connectivity index (χ1n) is 10.2. The lowest BCUT2D eigenvalue weighted by atomic mass is 9.68. The number of ether oxygens (including phenoxy) is 4. The number of hydrogen-bond donors (Lipinski definition) is 0. The molecule has 0 saturated heterocycles. The molecule has 0 radical (unpaired) electrons. The summed E-state index contributed by atoms with van der Waals surface area (Å²) in [6.45, 7) is 4.69. The van der Waals surface area contributed by atoms with Gasteiger partial charge in [0.2, 0.25) is 5.91 Å². The molecule has 1 saturated carbocycles.